The van der Waals surface area contributed by atoms with Crippen LogP contribution in [-0.4, -0.2) is 60.0 Å². The molecular weight excluding hydrogens is 408 g/mol. The molecule has 0 radical (unpaired) electrons. The number of likely N-dealkylation sites (tertiary alicyclic amines) is 1. The quantitative estimate of drug-likeness (QED) is 0.573. The first kappa shape index (κ1) is 23.1. The van der Waals surface area contributed by atoms with Crippen LogP contribution in [0.1, 0.15) is 24.0 Å². The van der Waals surface area contributed by atoms with Gasteiger partial charge in [-0.05, 0) is 56.6 Å². The van der Waals surface area contributed by atoms with E-state index in [0.717, 1.165) is 42.8 Å². The van der Waals surface area contributed by atoms with Crippen LogP contribution in [0, 0.1) is 0 Å². The van der Waals surface area contributed by atoms with E-state index in [-0.39, 0.29) is 11.9 Å². The van der Waals surface area contributed by atoms with Crippen molar-refractivity contribution in [1.29, 1.82) is 0 Å². The van der Waals surface area contributed by atoms with E-state index in [1.54, 1.807) is 0 Å². The van der Waals surface area contributed by atoms with Crippen molar-refractivity contribution in [2.75, 3.05) is 27.2 Å². The van der Waals surface area contributed by atoms with Gasteiger partial charge in [-0.15, -0.1) is 0 Å². The predicted octanol–water partition coefficient (Wildman–Crippen LogP) is 4.00. The summed E-state index contributed by atoms with van der Waals surface area (Å²) >= 11 is 0. The molecule has 1 aliphatic heterocycles. The lowest BCUT2D eigenvalue weighted by molar-refractivity contribution is -0.135. The molecule has 2 aromatic carbocycles. The lowest BCUT2D eigenvalue weighted by atomic mass is 10.0. The maximum absolute atomic E-state index is 13.5. The minimum Gasteiger partial charge on any atom is -0.341 e. The summed E-state index contributed by atoms with van der Waals surface area (Å²) in [5.74, 6) is 0.209. The highest BCUT2D eigenvalue weighted by Crippen LogP contribution is 2.18. The molecule has 1 saturated heterocycles. The number of hydrogen-bond donors (Lipinski definition) is 1. The number of aromatic nitrogens is 1. The molecule has 172 valence electrons. The van der Waals surface area contributed by atoms with E-state index in [9.17, 15) is 4.79 Å². The molecular formula is C28H34N4O. The number of carbonyl (C=O) groups excluding carboxylic acids is 1. The molecule has 3 aromatic rings. The van der Waals surface area contributed by atoms with Gasteiger partial charge in [0.1, 0.15) is 0 Å². The molecule has 1 aromatic heterocycles. The van der Waals surface area contributed by atoms with Crippen molar-refractivity contribution in [3.05, 3.63) is 90.1 Å². The van der Waals surface area contributed by atoms with Gasteiger partial charge in [0.15, 0.2) is 0 Å². The number of piperidine rings is 1. The molecule has 0 aliphatic carbocycles. The summed E-state index contributed by atoms with van der Waals surface area (Å²) in [6.07, 6.45) is 4.57. The third-order valence-electron chi connectivity index (χ3n) is 6.55. The Labute approximate surface area is 197 Å². The summed E-state index contributed by atoms with van der Waals surface area (Å²) in [4.78, 5) is 22.2. The molecule has 1 N–H and O–H groups in total. The van der Waals surface area contributed by atoms with Gasteiger partial charge in [-0.3, -0.25) is 9.78 Å². The van der Waals surface area contributed by atoms with Gasteiger partial charge in [0.25, 0.3) is 0 Å². The van der Waals surface area contributed by atoms with Crippen molar-refractivity contribution >= 4 is 5.91 Å². The number of pyridine rings is 1. The minimum atomic E-state index is -0.237. The Bertz CT molecular complexity index is 997. The lowest BCUT2D eigenvalue weighted by Gasteiger charge is -2.37. The van der Waals surface area contributed by atoms with Gasteiger partial charge in [0.2, 0.25) is 5.91 Å². The van der Waals surface area contributed by atoms with Crippen LogP contribution in [0.5, 0.6) is 0 Å². The second kappa shape index (κ2) is 11.2. The van der Waals surface area contributed by atoms with Crippen LogP contribution in [0.15, 0.2) is 79.0 Å². The number of hydrogen-bond acceptors (Lipinski definition) is 4. The third kappa shape index (κ3) is 6.28. The number of carbonyl (C=O) groups is 1. The Morgan fingerprint density at radius 1 is 0.970 bits per heavy atom. The Kier molecular flexibility index (Phi) is 7.87. The van der Waals surface area contributed by atoms with Crippen molar-refractivity contribution in [1.82, 2.24) is 20.1 Å². The van der Waals surface area contributed by atoms with Gasteiger partial charge in [-0.1, -0.05) is 60.7 Å². The van der Waals surface area contributed by atoms with E-state index in [0.29, 0.717) is 19.0 Å². The van der Waals surface area contributed by atoms with Crippen LogP contribution in [-0.2, 0) is 17.8 Å². The van der Waals surface area contributed by atoms with Crippen LogP contribution in [0.3, 0.4) is 0 Å². The van der Waals surface area contributed by atoms with Crippen LogP contribution in [0.25, 0.3) is 11.3 Å². The van der Waals surface area contributed by atoms with Gasteiger partial charge in [-0.2, -0.15) is 0 Å². The monoisotopic (exact) mass is 442 g/mol. The Hall–Kier alpha value is -3.02. The molecule has 5 heteroatoms. The first-order valence-electron chi connectivity index (χ1n) is 11.8. The molecule has 1 unspecified atom stereocenters. The summed E-state index contributed by atoms with van der Waals surface area (Å²) in [7, 11) is 4.25. The average Bonchev–Trinajstić information content (AvgIpc) is 2.87. The van der Waals surface area contributed by atoms with Crippen molar-refractivity contribution in [2.45, 2.75) is 37.9 Å². The molecule has 33 heavy (non-hydrogen) atoms. The second-order valence-electron chi connectivity index (χ2n) is 9.06. The third-order valence-corrected chi connectivity index (χ3v) is 6.55. The molecule has 2 heterocycles. The van der Waals surface area contributed by atoms with E-state index in [1.165, 1.54) is 5.56 Å². The van der Waals surface area contributed by atoms with E-state index in [4.69, 9.17) is 0 Å². The molecule has 0 spiro atoms. The molecule has 5 nitrogen and oxygen atoms in total. The van der Waals surface area contributed by atoms with E-state index >= 15 is 0 Å². The molecule has 1 aliphatic rings. The standard InChI is InChI=1S/C28H34N4O/c1-31(2)25-15-18-32(19-16-25)28(33)27(20-22-8-4-3-5-9-22)30-21-23-11-13-24(14-12-23)26-10-6-7-17-29-26/h3-14,17,25,27,30H,15-16,18-21H2,1-2H3. The van der Waals surface area contributed by atoms with Crippen molar-refractivity contribution < 1.29 is 4.79 Å². The summed E-state index contributed by atoms with van der Waals surface area (Å²) < 4.78 is 0. The first-order valence-corrected chi connectivity index (χ1v) is 11.8. The zero-order valence-electron chi connectivity index (χ0n) is 19.7. The summed E-state index contributed by atoms with van der Waals surface area (Å²) in [6, 6.07) is 25.0. The highest BCUT2D eigenvalue weighted by atomic mass is 16.2. The maximum Gasteiger partial charge on any atom is 0.240 e. The summed E-state index contributed by atoms with van der Waals surface area (Å²) in [6.45, 7) is 2.31. The Morgan fingerprint density at radius 3 is 2.30 bits per heavy atom. The van der Waals surface area contributed by atoms with Crippen molar-refractivity contribution in [2.24, 2.45) is 0 Å². The number of rotatable bonds is 8. The fraction of sp³-hybridized carbons (Fsp3) is 0.357. The van der Waals surface area contributed by atoms with Crippen LogP contribution in [0.2, 0.25) is 0 Å². The molecule has 1 atom stereocenters. The normalized spacial score (nSPS) is 15.5. The minimum absolute atomic E-state index is 0.209. The fourth-order valence-electron chi connectivity index (χ4n) is 4.49. The zero-order chi connectivity index (χ0) is 23.0. The number of amides is 1. The van der Waals surface area contributed by atoms with Crippen LogP contribution >= 0.6 is 0 Å². The van der Waals surface area contributed by atoms with Crippen LogP contribution < -0.4 is 5.32 Å². The van der Waals surface area contributed by atoms with Gasteiger partial charge < -0.3 is 15.1 Å². The van der Waals surface area contributed by atoms with Crippen LogP contribution in [0.4, 0.5) is 0 Å². The predicted molar refractivity (Wildman–Crippen MR) is 134 cm³/mol. The fourth-order valence-corrected chi connectivity index (χ4v) is 4.49. The molecule has 1 fully saturated rings. The molecule has 1 amide bonds. The number of nitrogens with one attached hydrogen (secondary N) is 1. The molecule has 0 bridgehead atoms. The SMILES string of the molecule is CN(C)C1CCN(C(=O)C(Cc2ccccc2)NCc2ccc(-c3ccccn3)cc2)CC1. The lowest BCUT2D eigenvalue weighted by Crippen LogP contribution is -2.52. The zero-order valence-corrected chi connectivity index (χ0v) is 19.7. The maximum atomic E-state index is 13.5. The summed E-state index contributed by atoms with van der Waals surface area (Å²) in [5, 5.41) is 3.56. The van der Waals surface area contributed by atoms with Gasteiger partial charge in [0, 0.05) is 37.4 Å². The van der Waals surface area contributed by atoms with Gasteiger partial charge >= 0.3 is 0 Å². The van der Waals surface area contributed by atoms with Crippen molar-refractivity contribution in [3.63, 3.8) is 0 Å². The van der Waals surface area contributed by atoms with Gasteiger partial charge in [-0.25, -0.2) is 0 Å². The number of benzene rings is 2. The largest absolute Gasteiger partial charge is 0.341 e. The van der Waals surface area contributed by atoms with E-state index in [1.807, 2.05) is 47.5 Å². The molecule has 4 rings (SSSR count). The highest BCUT2D eigenvalue weighted by Gasteiger charge is 2.28. The smallest absolute Gasteiger partial charge is 0.240 e. The summed E-state index contributed by atoms with van der Waals surface area (Å²) in [5.41, 5.74) is 4.40. The van der Waals surface area contributed by atoms with Gasteiger partial charge in [0.05, 0.1) is 11.7 Å². The first-order chi connectivity index (χ1) is 16.1. The van der Waals surface area contributed by atoms with E-state index < -0.39 is 0 Å². The highest BCUT2D eigenvalue weighted by molar-refractivity contribution is 5.82. The Balaban J connectivity index is 1.42. The average molecular weight is 443 g/mol. The number of nitrogens with zero attached hydrogens (tertiary/aromatic N) is 3. The van der Waals surface area contributed by atoms with Crippen molar-refractivity contribution in [3.8, 4) is 11.3 Å². The Morgan fingerprint density at radius 2 is 1.67 bits per heavy atom. The molecule has 0 saturated carbocycles. The van der Waals surface area contributed by atoms with E-state index in [2.05, 4.69) is 65.7 Å². The topological polar surface area (TPSA) is 48.5 Å². The second-order valence-corrected chi connectivity index (χ2v) is 9.06.